The van der Waals surface area contributed by atoms with E-state index >= 15 is 0 Å². The SMILES string of the molecule is CNC(CO)CC(CO)(NC)NC. The molecule has 0 aliphatic carbocycles. The Balaban J connectivity index is 4.21. The van der Waals surface area contributed by atoms with E-state index in [0.717, 1.165) is 0 Å². The van der Waals surface area contributed by atoms with Crippen LogP contribution in [0.4, 0.5) is 0 Å². The van der Waals surface area contributed by atoms with Gasteiger partial charge in [-0.1, -0.05) is 0 Å². The average molecular weight is 191 g/mol. The van der Waals surface area contributed by atoms with Crippen molar-refractivity contribution in [2.75, 3.05) is 34.4 Å². The number of likely N-dealkylation sites (N-methyl/N-ethyl adjacent to an activating group) is 3. The Labute approximate surface area is 79.5 Å². The minimum Gasteiger partial charge on any atom is -0.395 e. The third-order valence-corrected chi connectivity index (χ3v) is 2.45. The maximum Gasteiger partial charge on any atom is 0.0935 e. The van der Waals surface area contributed by atoms with E-state index in [1.807, 2.05) is 0 Å². The quantitative estimate of drug-likeness (QED) is 0.303. The molecule has 0 bridgehead atoms. The maximum atomic E-state index is 9.18. The summed E-state index contributed by atoms with van der Waals surface area (Å²) in [4.78, 5) is 0. The second kappa shape index (κ2) is 6.28. The highest BCUT2D eigenvalue weighted by Gasteiger charge is 2.28. The van der Waals surface area contributed by atoms with Crippen molar-refractivity contribution in [1.29, 1.82) is 0 Å². The van der Waals surface area contributed by atoms with E-state index in [9.17, 15) is 5.11 Å². The largest absolute Gasteiger partial charge is 0.395 e. The Hall–Kier alpha value is -0.200. The van der Waals surface area contributed by atoms with E-state index in [1.165, 1.54) is 0 Å². The minimum absolute atomic E-state index is 0.0157. The molecular weight excluding hydrogens is 170 g/mol. The van der Waals surface area contributed by atoms with Gasteiger partial charge in [-0.2, -0.15) is 0 Å². The number of nitrogens with one attached hydrogen (secondary N) is 3. The molecule has 0 aromatic carbocycles. The van der Waals surface area contributed by atoms with Gasteiger partial charge in [0, 0.05) is 6.04 Å². The van der Waals surface area contributed by atoms with E-state index in [-0.39, 0.29) is 19.3 Å². The number of hydrogen-bond acceptors (Lipinski definition) is 5. The summed E-state index contributed by atoms with van der Waals surface area (Å²) in [5.41, 5.74) is -0.517. The molecule has 0 aliphatic rings. The standard InChI is InChI=1S/C8H21N3O2/c1-9-7(5-12)4-8(6-13,10-2)11-3/h7,9-13H,4-6H2,1-3H3. The summed E-state index contributed by atoms with van der Waals surface area (Å²) < 4.78 is 0. The monoisotopic (exact) mass is 191 g/mol. The number of aliphatic hydroxyl groups is 2. The lowest BCUT2D eigenvalue weighted by Crippen LogP contribution is -2.60. The van der Waals surface area contributed by atoms with Crippen LogP contribution in [0.2, 0.25) is 0 Å². The molecule has 0 aromatic heterocycles. The summed E-state index contributed by atoms with van der Waals surface area (Å²) in [5, 5.41) is 27.1. The van der Waals surface area contributed by atoms with Crippen molar-refractivity contribution in [3.05, 3.63) is 0 Å². The van der Waals surface area contributed by atoms with E-state index in [2.05, 4.69) is 16.0 Å². The first kappa shape index (κ1) is 12.8. The maximum absolute atomic E-state index is 9.18. The zero-order chi connectivity index (χ0) is 10.3. The van der Waals surface area contributed by atoms with Gasteiger partial charge in [-0.15, -0.1) is 0 Å². The average Bonchev–Trinajstić information content (AvgIpc) is 2.21. The van der Waals surface area contributed by atoms with Crippen LogP contribution in [0.15, 0.2) is 0 Å². The molecule has 0 radical (unpaired) electrons. The minimum atomic E-state index is -0.517. The molecule has 1 atom stereocenters. The molecule has 0 saturated carbocycles. The summed E-state index contributed by atoms with van der Waals surface area (Å²) in [6.45, 7) is 0.0415. The van der Waals surface area contributed by atoms with Gasteiger partial charge in [0.15, 0.2) is 0 Å². The Morgan fingerprint density at radius 2 is 1.69 bits per heavy atom. The van der Waals surface area contributed by atoms with Gasteiger partial charge in [0.25, 0.3) is 0 Å². The first-order valence-electron chi connectivity index (χ1n) is 4.44. The fraction of sp³-hybridized carbons (Fsp3) is 1.00. The molecule has 0 rings (SSSR count). The second-order valence-electron chi connectivity index (χ2n) is 3.11. The van der Waals surface area contributed by atoms with Crippen LogP contribution in [0.3, 0.4) is 0 Å². The van der Waals surface area contributed by atoms with E-state index in [0.29, 0.717) is 6.42 Å². The van der Waals surface area contributed by atoms with Gasteiger partial charge in [0.1, 0.15) is 0 Å². The van der Waals surface area contributed by atoms with Crippen LogP contribution < -0.4 is 16.0 Å². The van der Waals surface area contributed by atoms with Crippen molar-refractivity contribution >= 4 is 0 Å². The van der Waals surface area contributed by atoms with Crippen molar-refractivity contribution in [1.82, 2.24) is 16.0 Å². The molecule has 5 heteroatoms. The molecular formula is C8H21N3O2. The van der Waals surface area contributed by atoms with Crippen LogP contribution in [0.1, 0.15) is 6.42 Å². The van der Waals surface area contributed by atoms with Gasteiger partial charge in [-0.3, -0.25) is 0 Å². The Bertz CT molecular complexity index is 116. The lowest BCUT2D eigenvalue weighted by molar-refractivity contribution is 0.110. The lowest BCUT2D eigenvalue weighted by Gasteiger charge is -2.34. The van der Waals surface area contributed by atoms with Gasteiger partial charge in [0.05, 0.1) is 18.9 Å². The van der Waals surface area contributed by atoms with Crippen LogP contribution in [0, 0.1) is 0 Å². The van der Waals surface area contributed by atoms with E-state index in [4.69, 9.17) is 5.11 Å². The van der Waals surface area contributed by atoms with Crippen LogP contribution in [0.5, 0.6) is 0 Å². The summed E-state index contributed by atoms with van der Waals surface area (Å²) in [7, 11) is 5.34. The number of hydrogen-bond donors (Lipinski definition) is 5. The van der Waals surface area contributed by atoms with Gasteiger partial charge < -0.3 is 26.2 Å². The Kier molecular flexibility index (Phi) is 6.19. The van der Waals surface area contributed by atoms with E-state index in [1.54, 1.807) is 21.1 Å². The first-order chi connectivity index (χ1) is 6.17. The van der Waals surface area contributed by atoms with Gasteiger partial charge in [0.2, 0.25) is 0 Å². The third kappa shape index (κ3) is 3.58. The predicted octanol–water partition coefficient (Wildman–Crippen LogP) is -1.92. The van der Waals surface area contributed by atoms with Gasteiger partial charge >= 0.3 is 0 Å². The summed E-state index contributed by atoms with van der Waals surface area (Å²) in [5.74, 6) is 0. The van der Waals surface area contributed by atoms with Crippen molar-refractivity contribution in [2.24, 2.45) is 0 Å². The Morgan fingerprint density at radius 3 is 1.92 bits per heavy atom. The summed E-state index contributed by atoms with van der Waals surface area (Å²) in [6, 6.07) is -0.0213. The molecule has 80 valence electrons. The second-order valence-corrected chi connectivity index (χ2v) is 3.11. The fourth-order valence-corrected chi connectivity index (χ4v) is 1.23. The zero-order valence-corrected chi connectivity index (χ0v) is 8.59. The molecule has 0 fully saturated rings. The van der Waals surface area contributed by atoms with Crippen molar-refractivity contribution < 1.29 is 10.2 Å². The van der Waals surface area contributed by atoms with Crippen LogP contribution in [-0.4, -0.2) is 56.3 Å². The molecule has 0 amide bonds. The third-order valence-electron chi connectivity index (χ3n) is 2.45. The first-order valence-corrected chi connectivity index (χ1v) is 4.44. The van der Waals surface area contributed by atoms with Gasteiger partial charge in [-0.05, 0) is 27.6 Å². The highest BCUT2D eigenvalue weighted by atomic mass is 16.3. The molecule has 0 saturated heterocycles. The fourth-order valence-electron chi connectivity index (χ4n) is 1.23. The molecule has 0 heterocycles. The van der Waals surface area contributed by atoms with E-state index < -0.39 is 5.66 Å². The molecule has 1 unspecified atom stereocenters. The molecule has 0 spiro atoms. The highest BCUT2D eigenvalue weighted by molar-refractivity contribution is 4.86. The van der Waals surface area contributed by atoms with Crippen LogP contribution >= 0.6 is 0 Å². The number of aliphatic hydroxyl groups excluding tert-OH is 2. The number of rotatable bonds is 7. The molecule has 5 nitrogen and oxygen atoms in total. The molecule has 5 N–H and O–H groups in total. The predicted molar refractivity (Wildman–Crippen MR) is 52.5 cm³/mol. The zero-order valence-electron chi connectivity index (χ0n) is 8.59. The van der Waals surface area contributed by atoms with Crippen LogP contribution in [-0.2, 0) is 0 Å². The molecule has 0 aromatic rings. The van der Waals surface area contributed by atoms with Crippen molar-refractivity contribution in [2.45, 2.75) is 18.1 Å². The van der Waals surface area contributed by atoms with Crippen molar-refractivity contribution in [3.63, 3.8) is 0 Å². The lowest BCUT2D eigenvalue weighted by atomic mass is 10.0. The van der Waals surface area contributed by atoms with Crippen molar-refractivity contribution in [3.8, 4) is 0 Å². The Morgan fingerprint density at radius 1 is 1.15 bits per heavy atom. The highest BCUT2D eigenvalue weighted by Crippen LogP contribution is 2.07. The topological polar surface area (TPSA) is 76.5 Å². The molecule has 0 aliphatic heterocycles. The molecule has 13 heavy (non-hydrogen) atoms. The normalized spacial score (nSPS) is 14.5. The summed E-state index contributed by atoms with van der Waals surface area (Å²) in [6.07, 6.45) is 0.615. The smallest absolute Gasteiger partial charge is 0.0935 e. The van der Waals surface area contributed by atoms with Crippen LogP contribution in [0.25, 0.3) is 0 Å². The van der Waals surface area contributed by atoms with Gasteiger partial charge in [-0.25, -0.2) is 0 Å². The summed E-state index contributed by atoms with van der Waals surface area (Å²) >= 11 is 0.